The number of amides is 1. The van der Waals surface area contributed by atoms with Crippen LogP contribution in [0.5, 0.6) is 5.75 Å². The molecule has 0 radical (unpaired) electrons. The number of methoxy groups -OCH3 is 1. The Morgan fingerprint density at radius 1 is 1.27 bits per heavy atom. The van der Waals surface area contributed by atoms with Gasteiger partial charge in [0.15, 0.2) is 5.58 Å². The number of hydrogen-bond acceptors (Lipinski definition) is 5. The number of fused-ring (bicyclic) bond motifs is 1. The second-order valence-corrected chi connectivity index (χ2v) is 7.39. The Hall–Kier alpha value is -2.73. The summed E-state index contributed by atoms with van der Waals surface area (Å²) in [5, 5.41) is 3.11. The van der Waals surface area contributed by atoms with Crippen LogP contribution in [-0.4, -0.2) is 18.0 Å². The average molecular weight is 374 g/mol. The molecule has 1 amide bonds. The van der Waals surface area contributed by atoms with E-state index in [1.807, 2.05) is 20.8 Å². The summed E-state index contributed by atoms with van der Waals surface area (Å²) in [6, 6.07) is 8.30. The summed E-state index contributed by atoms with van der Waals surface area (Å²) in [6.45, 7) is 6.08. The van der Waals surface area contributed by atoms with Crippen LogP contribution in [0.25, 0.3) is 11.1 Å². The van der Waals surface area contributed by atoms with Crippen molar-refractivity contribution in [3.63, 3.8) is 0 Å². The van der Waals surface area contributed by atoms with Gasteiger partial charge in [-0.1, -0.05) is 32.4 Å². The monoisotopic (exact) mass is 373 g/mol. The van der Waals surface area contributed by atoms with Gasteiger partial charge in [0.25, 0.3) is 5.91 Å². The average Bonchev–Trinajstić information content (AvgIpc) is 3.00. The highest BCUT2D eigenvalue weighted by Gasteiger charge is 2.21. The van der Waals surface area contributed by atoms with Gasteiger partial charge in [0.05, 0.1) is 23.4 Å². The first-order valence-corrected chi connectivity index (χ1v) is 8.42. The van der Waals surface area contributed by atoms with Crippen LogP contribution in [0.2, 0.25) is 5.02 Å². The lowest BCUT2D eigenvalue weighted by Gasteiger charge is -2.11. The lowest BCUT2D eigenvalue weighted by molar-refractivity contribution is 0.102. The van der Waals surface area contributed by atoms with E-state index in [1.54, 1.807) is 18.2 Å². The topological polar surface area (TPSA) is 90.4 Å². The fourth-order valence-corrected chi connectivity index (χ4v) is 2.60. The van der Waals surface area contributed by atoms with E-state index < -0.39 is 0 Å². The van der Waals surface area contributed by atoms with Gasteiger partial charge in [-0.05, 0) is 24.3 Å². The third kappa shape index (κ3) is 3.46. The number of nitrogens with zero attached hydrogens (tertiary/aromatic N) is 1. The van der Waals surface area contributed by atoms with Gasteiger partial charge in [-0.25, -0.2) is 4.98 Å². The second kappa shape index (κ2) is 6.53. The molecular formula is C19H20ClN3O3. The Labute approximate surface area is 156 Å². The SMILES string of the molecule is COc1cc(N)c(Cl)cc1C(=O)Nc1ccc2oc(C(C)(C)C)nc2c1. The van der Waals surface area contributed by atoms with Crippen LogP contribution in [0.4, 0.5) is 11.4 Å². The van der Waals surface area contributed by atoms with Gasteiger partial charge in [-0.2, -0.15) is 0 Å². The number of benzene rings is 2. The Balaban J connectivity index is 1.91. The summed E-state index contributed by atoms with van der Waals surface area (Å²) < 4.78 is 11.0. The van der Waals surface area contributed by atoms with Crippen molar-refractivity contribution in [2.75, 3.05) is 18.2 Å². The molecule has 3 N–H and O–H groups in total. The van der Waals surface area contributed by atoms with Crippen molar-refractivity contribution in [1.82, 2.24) is 4.98 Å². The van der Waals surface area contributed by atoms with Crippen molar-refractivity contribution in [2.24, 2.45) is 0 Å². The van der Waals surface area contributed by atoms with Gasteiger partial charge in [0.1, 0.15) is 11.3 Å². The Morgan fingerprint density at radius 2 is 2.00 bits per heavy atom. The highest BCUT2D eigenvalue weighted by atomic mass is 35.5. The van der Waals surface area contributed by atoms with Gasteiger partial charge < -0.3 is 20.2 Å². The van der Waals surface area contributed by atoms with E-state index in [4.69, 9.17) is 26.5 Å². The van der Waals surface area contributed by atoms with Crippen LogP contribution >= 0.6 is 11.6 Å². The fourth-order valence-electron chi connectivity index (χ4n) is 2.44. The number of nitrogens with two attached hydrogens (primary N) is 1. The van der Waals surface area contributed by atoms with E-state index in [0.29, 0.717) is 39.7 Å². The predicted octanol–water partition coefficient (Wildman–Crippen LogP) is 4.62. The molecule has 0 bridgehead atoms. The van der Waals surface area contributed by atoms with E-state index in [-0.39, 0.29) is 16.3 Å². The summed E-state index contributed by atoms with van der Waals surface area (Å²) in [5.41, 5.74) is 8.13. The van der Waals surface area contributed by atoms with Crippen LogP contribution in [0, 0.1) is 0 Å². The lowest BCUT2D eigenvalue weighted by Crippen LogP contribution is -2.13. The van der Waals surface area contributed by atoms with Crippen LogP contribution in [0.15, 0.2) is 34.7 Å². The van der Waals surface area contributed by atoms with E-state index in [9.17, 15) is 4.79 Å². The van der Waals surface area contributed by atoms with E-state index in [2.05, 4.69) is 10.3 Å². The van der Waals surface area contributed by atoms with Crippen LogP contribution in [-0.2, 0) is 5.41 Å². The molecule has 6 nitrogen and oxygen atoms in total. The number of nitrogen functional groups attached to an aromatic ring is 1. The standard InChI is InChI=1S/C19H20ClN3O3/c1-19(2,3)18-23-14-7-10(5-6-15(14)26-18)22-17(24)11-8-12(20)13(21)9-16(11)25-4/h5-9H,21H2,1-4H3,(H,22,24). The number of oxazole rings is 1. The zero-order chi connectivity index (χ0) is 19.1. The molecule has 0 unspecified atom stereocenters. The van der Waals surface area contributed by atoms with Gasteiger partial charge in [-0.3, -0.25) is 4.79 Å². The number of anilines is 2. The number of aromatic nitrogens is 1. The molecule has 0 atom stereocenters. The van der Waals surface area contributed by atoms with Gasteiger partial charge in [-0.15, -0.1) is 0 Å². The molecule has 3 aromatic rings. The molecule has 26 heavy (non-hydrogen) atoms. The smallest absolute Gasteiger partial charge is 0.259 e. The molecule has 0 aliphatic rings. The normalized spacial score (nSPS) is 11.6. The maximum atomic E-state index is 12.6. The highest BCUT2D eigenvalue weighted by Crippen LogP contribution is 2.30. The van der Waals surface area contributed by atoms with Crippen molar-refractivity contribution < 1.29 is 13.9 Å². The number of carbonyl (C=O) groups is 1. The molecule has 0 saturated carbocycles. The van der Waals surface area contributed by atoms with Crippen molar-refractivity contribution in [3.8, 4) is 5.75 Å². The lowest BCUT2D eigenvalue weighted by atomic mass is 9.97. The molecular weight excluding hydrogens is 354 g/mol. The van der Waals surface area contributed by atoms with Crippen molar-refractivity contribution in [2.45, 2.75) is 26.2 Å². The summed E-state index contributed by atoms with van der Waals surface area (Å²) in [5.74, 6) is 0.632. The molecule has 0 fully saturated rings. The molecule has 0 spiro atoms. The van der Waals surface area contributed by atoms with Crippen molar-refractivity contribution in [1.29, 1.82) is 0 Å². The maximum Gasteiger partial charge on any atom is 0.259 e. The first kappa shape index (κ1) is 18.1. The zero-order valence-electron chi connectivity index (χ0n) is 15.0. The molecule has 136 valence electrons. The molecule has 0 aliphatic carbocycles. The zero-order valence-corrected chi connectivity index (χ0v) is 15.8. The number of nitrogens with one attached hydrogen (secondary N) is 1. The number of hydrogen-bond donors (Lipinski definition) is 2. The minimum Gasteiger partial charge on any atom is -0.496 e. The predicted molar refractivity (Wildman–Crippen MR) is 103 cm³/mol. The fraction of sp³-hybridized carbons (Fsp3) is 0.263. The molecule has 1 heterocycles. The molecule has 3 rings (SSSR count). The van der Waals surface area contributed by atoms with Gasteiger partial charge >= 0.3 is 0 Å². The Kier molecular flexibility index (Phi) is 4.54. The maximum absolute atomic E-state index is 12.6. The molecule has 7 heteroatoms. The molecule has 0 aliphatic heterocycles. The van der Waals surface area contributed by atoms with E-state index in [0.717, 1.165) is 0 Å². The van der Waals surface area contributed by atoms with Gasteiger partial charge in [0.2, 0.25) is 5.89 Å². The minimum absolute atomic E-state index is 0.198. The number of carbonyl (C=O) groups excluding carboxylic acids is 1. The summed E-state index contributed by atoms with van der Waals surface area (Å²) in [4.78, 5) is 17.1. The number of halogens is 1. The Bertz CT molecular complexity index is 990. The van der Waals surface area contributed by atoms with Gasteiger partial charge in [0, 0.05) is 17.2 Å². The highest BCUT2D eigenvalue weighted by molar-refractivity contribution is 6.33. The van der Waals surface area contributed by atoms with Crippen LogP contribution in [0.1, 0.15) is 37.0 Å². The minimum atomic E-state index is -0.359. The summed E-state index contributed by atoms with van der Waals surface area (Å²) in [6.07, 6.45) is 0. The number of rotatable bonds is 3. The quantitative estimate of drug-likeness (QED) is 0.653. The van der Waals surface area contributed by atoms with Crippen LogP contribution < -0.4 is 15.8 Å². The van der Waals surface area contributed by atoms with Crippen molar-refractivity contribution >= 4 is 40.0 Å². The first-order chi connectivity index (χ1) is 12.2. The summed E-state index contributed by atoms with van der Waals surface area (Å²) >= 11 is 6.03. The molecule has 1 aromatic heterocycles. The second-order valence-electron chi connectivity index (χ2n) is 6.98. The molecule has 2 aromatic carbocycles. The van der Waals surface area contributed by atoms with Crippen molar-refractivity contribution in [3.05, 3.63) is 46.8 Å². The van der Waals surface area contributed by atoms with E-state index in [1.165, 1.54) is 19.2 Å². The Morgan fingerprint density at radius 3 is 2.65 bits per heavy atom. The first-order valence-electron chi connectivity index (χ1n) is 8.04. The van der Waals surface area contributed by atoms with Crippen LogP contribution in [0.3, 0.4) is 0 Å². The third-order valence-electron chi connectivity index (χ3n) is 3.85. The summed E-state index contributed by atoms with van der Waals surface area (Å²) in [7, 11) is 1.47. The third-order valence-corrected chi connectivity index (χ3v) is 4.18. The van der Waals surface area contributed by atoms with E-state index >= 15 is 0 Å². The number of ether oxygens (including phenoxy) is 1. The largest absolute Gasteiger partial charge is 0.496 e. The molecule has 0 saturated heterocycles.